The van der Waals surface area contributed by atoms with E-state index in [0.29, 0.717) is 0 Å². The maximum atomic E-state index is 5.25. The van der Waals surface area contributed by atoms with E-state index in [-0.39, 0.29) is 0 Å². The third-order valence-corrected chi connectivity index (χ3v) is 6.25. The zero-order chi connectivity index (χ0) is 20.5. The van der Waals surface area contributed by atoms with Crippen molar-refractivity contribution in [3.8, 4) is 5.75 Å². The van der Waals surface area contributed by atoms with Gasteiger partial charge < -0.3 is 14.2 Å². The van der Waals surface area contributed by atoms with Crippen molar-refractivity contribution in [2.24, 2.45) is 7.05 Å². The van der Waals surface area contributed by atoms with Crippen LogP contribution in [0.15, 0.2) is 48.4 Å². The molecule has 6 nitrogen and oxygen atoms in total. The molecule has 1 fully saturated rings. The van der Waals surface area contributed by atoms with E-state index in [4.69, 9.17) is 4.74 Å². The maximum Gasteiger partial charge on any atom is 0.163 e. The van der Waals surface area contributed by atoms with Gasteiger partial charge in [-0.25, -0.2) is 9.67 Å². The lowest BCUT2D eigenvalue weighted by Crippen LogP contribution is -2.33. The molecule has 0 unspecified atom stereocenters. The molecule has 3 aromatic rings. The first kappa shape index (κ1) is 18.9. The molecular weight excluding hydrogens is 374 g/mol. The highest BCUT2D eigenvalue weighted by Crippen LogP contribution is 2.35. The van der Waals surface area contributed by atoms with Crippen LogP contribution in [-0.4, -0.2) is 51.0 Å². The molecule has 0 saturated carbocycles. The summed E-state index contributed by atoms with van der Waals surface area (Å²) in [6, 6.07) is 10.6. The molecule has 0 N–H and O–H groups in total. The summed E-state index contributed by atoms with van der Waals surface area (Å²) in [7, 11) is 3.80. The van der Waals surface area contributed by atoms with Gasteiger partial charge in [-0.15, -0.1) is 0 Å². The number of aromatic nitrogens is 4. The largest absolute Gasteiger partial charge is 0.497 e. The highest BCUT2D eigenvalue weighted by atomic mass is 16.5. The minimum absolute atomic E-state index is 0.916. The summed E-state index contributed by atoms with van der Waals surface area (Å²) >= 11 is 0. The fraction of sp³-hybridized carbons (Fsp3) is 0.333. The number of methoxy groups -OCH3 is 1. The first-order valence-electron chi connectivity index (χ1n) is 10.5. The van der Waals surface area contributed by atoms with Crippen LogP contribution >= 0.6 is 0 Å². The van der Waals surface area contributed by atoms with E-state index in [2.05, 4.69) is 57.1 Å². The number of rotatable bonds is 4. The molecule has 4 heterocycles. The number of fused-ring (bicyclic) bond motifs is 2. The standard InChI is InChI=1S/C24H27N5O/c1-27-12-10-21-22(27)11-16-29-24(25-17-26-29)23(21)19-8-14-28(15-9-19)13-7-18-3-5-20(30-2)6-4-18/h3-6,10-12,16-17H,7-9,13-15H2,1-2H3. The summed E-state index contributed by atoms with van der Waals surface area (Å²) in [6.07, 6.45) is 11.1. The van der Waals surface area contributed by atoms with Gasteiger partial charge >= 0.3 is 0 Å². The van der Waals surface area contributed by atoms with Gasteiger partial charge in [0.05, 0.1) is 12.8 Å². The molecular formula is C24H27N5O. The zero-order valence-electron chi connectivity index (χ0n) is 17.6. The number of benzene rings is 1. The van der Waals surface area contributed by atoms with E-state index in [0.717, 1.165) is 50.5 Å². The number of nitrogens with zero attached hydrogens (tertiary/aromatic N) is 5. The Morgan fingerprint density at radius 1 is 1.07 bits per heavy atom. The van der Waals surface area contributed by atoms with Crippen LogP contribution in [0.4, 0.5) is 0 Å². The van der Waals surface area contributed by atoms with Crippen molar-refractivity contribution >= 4 is 17.8 Å². The van der Waals surface area contributed by atoms with Crippen molar-refractivity contribution in [1.82, 2.24) is 24.2 Å². The van der Waals surface area contributed by atoms with Crippen LogP contribution in [0.2, 0.25) is 0 Å². The van der Waals surface area contributed by atoms with Gasteiger partial charge in [-0.3, -0.25) is 0 Å². The van der Waals surface area contributed by atoms with E-state index >= 15 is 0 Å². The van der Waals surface area contributed by atoms with Crippen LogP contribution < -0.4 is 4.74 Å². The summed E-state index contributed by atoms with van der Waals surface area (Å²) in [5.41, 5.74) is 6.59. The average Bonchev–Trinajstić information content (AvgIpc) is 3.35. The molecule has 30 heavy (non-hydrogen) atoms. The second-order valence-corrected chi connectivity index (χ2v) is 7.99. The topological polar surface area (TPSA) is 48.1 Å². The van der Waals surface area contributed by atoms with E-state index in [1.54, 1.807) is 13.4 Å². The molecule has 2 aliphatic heterocycles. The minimum atomic E-state index is 0.916. The molecule has 6 heteroatoms. The molecule has 154 valence electrons. The molecule has 1 saturated heterocycles. The summed E-state index contributed by atoms with van der Waals surface area (Å²) in [6.45, 7) is 3.25. The van der Waals surface area contributed by atoms with Gasteiger partial charge in [0.25, 0.3) is 0 Å². The Kier molecular flexibility index (Phi) is 5.01. The first-order chi connectivity index (χ1) is 14.7. The van der Waals surface area contributed by atoms with Crippen molar-refractivity contribution in [3.05, 3.63) is 71.1 Å². The normalized spacial score (nSPS) is 16.3. The Morgan fingerprint density at radius 3 is 2.63 bits per heavy atom. The van der Waals surface area contributed by atoms with E-state index in [9.17, 15) is 0 Å². The lowest BCUT2D eigenvalue weighted by atomic mass is 9.92. The Bertz CT molecular complexity index is 1090. The van der Waals surface area contributed by atoms with Gasteiger partial charge in [-0.05, 0) is 49.1 Å². The SMILES string of the molecule is COc1ccc(CCN2CCC(=C3c4ccn(C)c4C=Cn4ncnc43)CC2)cc1. The number of likely N-dealkylation sites (tertiary alicyclic amines) is 1. The Balaban J connectivity index is 1.33. The van der Waals surface area contributed by atoms with Crippen molar-refractivity contribution in [3.63, 3.8) is 0 Å². The molecule has 0 spiro atoms. The molecule has 1 aromatic carbocycles. The second kappa shape index (κ2) is 7.95. The van der Waals surface area contributed by atoms with E-state index < -0.39 is 0 Å². The van der Waals surface area contributed by atoms with Crippen LogP contribution in [0.5, 0.6) is 5.75 Å². The van der Waals surface area contributed by atoms with Crippen LogP contribution in [0, 0.1) is 0 Å². The molecule has 0 radical (unpaired) electrons. The Morgan fingerprint density at radius 2 is 1.87 bits per heavy atom. The van der Waals surface area contributed by atoms with Crippen LogP contribution in [0.3, 0.4) is 0 Å². The summed E-state index contributed by atoms with van der Waals surface area (Å²) in [5, 5.41) is 4.40. The number of aryl methyl sites for hydroxylation is 1. The quantitative estimate of drug-likeness (QED) is 0.523. The number of hydrogen-bond donors (Lipinski definition) is 0. The number of hydrogen-bond acceptors (Lipinski definition) is 4. The molecule has 0 amide bonds. The molecule has 2 aromatic heterocycles. The van der Waals surface area contributed by atoms with Gasteiger partial charge in [-0.1, -0.05) is 17.7 Å². The first-order valence-corrected chi connectivity index (χ1v) is 10.5. The van der Waals surface area contributed by atoms with Crippen LogP contribution in [0.25, 0.3) is 17.8 Å². The maximum absolute atomic E-state index is 5.25. The molecule has 0 aliphatic carbocycles. The molecule has 0 bridgehead atoms. The van der Waals surface area contributed by atoms with Crippen LogP contribution in [-0.2, 0) is 13.5 Å². The summed E-state index contributed by atoms with van der Waals surface area (Å²) in [4.78, 5) is 7.17. The number of ether oxygens (including phenoxy) is 1. The summed E-state index contributed by atoms with van der Waals surface area (Å²) in [5.74, 6) is 1.87. The molecule has 0 atom stereocenters. The van der Waals surface area contributed by atoms with Gasteiger partial charge in [-0.2, -0.15) is 5.10 Å². The predicted molar refractivity (Wildman–Crippen MR) is 119 cm³/mol. The van der Waals surface area contributed by atoms with Gasteiger partial charge in [0.2, 0.25) is 0 Å². The fourth-order valence-corrected chi connectivity index (χ4v) is 4.49. The van der Waals surface area contributed by atoms with Gasteiger partial charge in [0.1, 0.15) is 12.1 Å². The fourth-order valence-electron chi connectivity index (χ4n) is 4.49. The average molecular weight is 402 g/mol. The zero-order valence-corrected chi connectivity index (χ0v) is 17.6. The van der Waals surface area contributed by atoms with Crippen molar-refractivity contribution in [2.75, 3.05) is 26.7 Å². The predicted octanol–water partition coefficient (Wildman–Crippen LogP) is 3.71. The van der Waals surface area contributed by atoms with Crippen LogP contribution in [0.1, 0.15) is 35.5 Å². The van der Waals surface area contributed by atoms with Gasteiger partial charge in [0.15, 0.2) is 5.82 Å². The van der Waals surface area contributed by atoms with Gasteiger partial charge in [0, 0.05) is 50.2 Å². The second-order valence-electron chi connectivity index (χ2n) is 7.99. The van der Waals surface area contributed by atoms with Crippen molar-refractivity contribution < 1.29 is 4.74 Å². The summed E-state index contributed by atoms with van der Waals surface area (Å²) < 4.78 is 9.33. The number of piperidine rings is 1. The Hall–Kier alpha value is -3.12. The highest BCUT2D eigenvalue weighted by Gasteiger charge is 2.25. The third-order valence-electron chi connectivity index (χ3n) is 6.25. The smallest absolute Gasteiger partial charge is 0.163 e. The van der Waals surface area contributed by atoms with E-state index in [1.165, 1.54) is 28.0 Å². The van der Waals surface area contributed by atoms with E-state index in [1.807, 2.05) is 23.0 Å². The van der Waals surface area contributed by atoms with Crippen molar-refractivity contribution in [1.29, 1.82) is 0 Å². The highest BCUT2D eigenvalue weighted by molar-refractivity contribution is 5.87. The van der Waals surface area contributed by atoms with Crippen molar-refractivity contribution in [2.45, 2.75) is 19.3 Å². The monoisotopic (exact) mass is 401 g/mol. The lowest BCUT2D eigenvalue weighted by molar-refractivity contribution is 0.260. The minimum Gasteiger partial charge on any atom is -0.497 e. The molecule has 2 aliphatic rings. The lowest BCUT2D eigenvalue weighted by Gasteiger charge is -2.29. The Labute approximate surface area is 177 Å². The third kappa shape index (κ3) is 3.48. The molecule has 5 rings (SSSR count).